The topological polar surface area (TPSA) is 120 Å². The van der Waals surface area contributed by atoms with Crippen molar-refractivity contribution in [3.8, 4) is 0 Å². The first-order valence-corrected chi connectivity index (χ1v) is 5.50. The summed E-state index contributed by atoms with van der Waals surface area (Å²) in [6.07, 6.45) is -1.28. The predicted molar refractivity (Wildman–Crippen MR) is 57.3 cm³/mol. The molecule has 0 amide bonds. The van der Waals surface area contributed by atoms with E-state index in [0.717, 1.165) is 0 Å². The van der Waals surface area contributed by atoms with Gasteiger partial charge in [-0.3, -0.25) is 0 Å². The Kier molecular flexibility index (Phi) is 4.63. The van der Waals surface area contributed by atoms with Crippen molar-refractivity contribution in [1.82, 2.24) is 0 Å². The Hall–Kier alpha value is -2.37. The lowest BCUT2D eigenvalue weighted by Crippen LogP contribution is -2.28. The lowest BCUT2D eigenvalue weighted by molar-refractivity contribution is -0.306. The first kappa shape index (κ1) is 14.7. The number of carboxylic acid groups (broad SMARTS) is 3. The van der Waals surface area contributed by atoms with E-state index in [-0.39, 0.29) is 17.5 Å². The van der Waals surface area contributed by atoms with Crippen LogP contribution in [0.3, 0.4) is 0 Å². The maximum atomic E-state index is 10.6. The van der Waals surface area contributed by atoms with Gasteiger partial charge in [-0.15, -0.1) is 0 Å². The molecule has 0 aliphatic rings. The zero-order valence-corrected chi connectivity index (χ0v) is 10.2. The predicted octanol–water partition coefficient (Wildman–Crippen LogP) is -3.13. The largest absolute Gasteiger partial charge is 0.550 e. The minimum Gasteiger partial charge on any atom is -0.550 e. The standard InChI is InChI=1S/C13H14O6/c1-7-2-9(5-12(16)17)10(6-13(18)19)3-8(7)4-11(14)15/h2-3H,4-6H2,1H3,(H,14,15)(H,16,17)(H,18,19)/p-3. The summed E-state index contributed by atoms with van der Waals surface area (Å²) in [7, 11) is 0. The van der Waals surface area contributed by atoms with E-state index in [1.54, 1.807) is 6.92 Å². The first-order valence-electron chi connectivity index (χ1n) is 5.50. The maximum Gasteiger partial charge on any atom is 0.0458 e. The molecule has 0 fully saturated rings. The molecule has 0 saturated heterocycles. The molecule has 102 valence electrons. The highest BCUT2D eigenvalue weighted by Gasteiger charge is 2.09. The molecule has 0 aromatic heterocycles. The summed E-state index contributed by atoms with van der Waals surface area (Å²) in [5.74, 6) is -4.01. The molecule has 0 atom stereocenters. The highest BCUT2D eigenvalue weighted by atomic mass is 16.4. The quantitative estimate of drug-likeness (QED) is 0.535. The van der Waals surface area contributed by atoms with Gasteiger partial charge in [-0.2, -0.15) is 0 Å². The molecule has 0 radical (unpaired) electrons. The number of aliphatic carboxylic acids is 3. The lowest BCUT2D eigenvalue weighted by atomic mass is 9.94. The number of carbonyl (C=O) groups excluding carboxylic acids is 3. The Balaban J connectivity index is 3.23. The number of hydrogen-bond donors (Lipinski definition) is 0. The van der Waals surface area contributed by atoms with Gasteiger partial charge in [-0.1, -0.05) is 12.1 Å². The summed E-state index contributed by atoms with van der Waals surface area (Å²) < 4.78 is 0. The van der Waals surface area contributed by atoms with Crippen LogP contribution in [0.4, 0.5) is 0 Å². The minimum atomic E-state index is -1.37. The van der Waals surface area contributed by atoms with Crippen LogP contribution >= 0.6 is 0 Å². The van der Waals surface area contributed by atoms with E-state index in [1.165, 1.54) is 12.1 Å². The summed E-state index contributed by atoms with van der Waals surface area (Å²) in [6.45, 7) is 1.61. The van der Waals surface area contributed by atoms with Gasteiger partial charge < -0.3 is 29.7 Å². The average Bonchev–Trinajstić information content (AvgIpc) is 2.22. The number of carboxylic acids is 3. The third-order valence-corrected chi connectivity index (χ3v) is 2.66. The fourth-order valence-corrected chi connectivity index (χ4v) is 1.85. The summed E-state index contributed by atoms with van der Waals surface area (Å²) >= 11 is 0. The molecule has 1 aromatic carbocycles. The van der Waals surface area contributed by atoms with Crippen LogP contribution in [0.2, 0.25) is 0 Å². The van der Waals surface area contributed by atoms with Crippen LogP contribution in [0.15, 0.2) is 12.1 Å². The van der Waals surface area contributed by atoms with E-state index in [1.807, 2.05) is 0 Å². The van der Waals surface area contributed by atoms with Crippen LogP contribution < -0.4 is 15.3 Å². The zero-order chi connectivity index (χ0) is 14.6. The Morgan fingerprint density at radius 1 is 0.789 bits per heavy atom. The van der Waals surface area contributed by atoms with Gasteiger partial charge in [0, 0.05) is 37.2 Å². The molecule has 0 saturated carbocycles. The van der Waals surface area contributed by atoms with Crippen molar-refractivity contribution in [2.45, 2.75) is 26.2 Å². The van der Waals surface area contributed by atoms with Gasteiger partial charge >= 0.3 is 0 Å². The zero-order valence-electron chi connectivity index (χ0n) is 10.2. The number of aryl methyl sites for hydroxylation is 1. The lowest BCUT2D eigenvalue weighted by Gasteiger charge is -2.16. The fourth-order valence-electron chi connectivity index (χ4n) is 1.85. The second-order valence-electron chi connectivity index (χ2n) is 4.19. The molecular formula is C13H11O6-3. The number of rotatable bonds is 6. The van der Waals surface area contributed by atoms with Crippen LogP contribution in [0.5, 0.6) is 0 Å². The van der Waals surface area contributed by atoms with Crippen molar-refractivity contribution in [3.05, 3.63) is 34.4 Å². The van der Waals surface area contributed by atoms with Crippen LogP contribution in [0.25, 0.3) is 0 Å². The monoisotopic (exact) mass is 263 g/mol. The maximum absolute atomic E-state index is 10.6. The second kappa shape index (κ2) is 5.99. The van der Waals surface area contributed by atoms with E-state index in [4.69, 9.17) is 0 Å². The van der Waals surface area contributed by atoms with E-state index in [9.17, 15) is 29.7 Å². The Morgan fingerprint density at radius 3 is 1.58 bits per heavy atom. The molecule has 6 heteroatoms. The van der Waals surface area contributed by atoms with Gasteiger partial charge in [-0.25, -0.2) is 0 Å². The van der Waals surface area contributed by atoms with Crippen LogP contribution in [0, 0.1) is 6.92 Å². The van der Waals surface area contributed by atoms with Gasteiger partial charge in [0.25, 0.3) is 0 Å². The van der Waals surface area contributed by atoms with Gasteiger partial charge in [0.05, 0.1) is 0 Å². The molecule has 0 spiro atoms. The molecule has 1 aromatic rings. The molecule has 1 rings (SSSR count). The Bertz CT molecular complexity index is 532. The van der Waals surface area contributed by atoms with Crippen molar-refractivity contribution >= 4 is 17.9 Å². The highest BCUT2D eigenvalue weighted by Crippen LogP contribution is 2.18. The van der Waals surface area contributed by atoms with Crippen molar-refractivity contribution in [2.24, 2.45) is 0 Å². The van der Waals surface area contributed by atoms with E-state index in [2.05, 4.69) is 0 Å². The third-order valence-electron chi connectivity index (χ3n) is 2.66. The molecule has 0 bridgehead atoms. The molecule has 0 unspecified atom stereocenters. The van der Waals surface area contributed by atoms with Gasteiger partial charge in [0.2, 0.25) is 0 Å². The van der Waals surface area contributed by atoms with E-state index >= 15 is 0 Å². The fraction of sp³-hybridized carbons (Fsp3) is 0.308. The smallest absolute Gasteiger partial charge is 0.0458 e. The molecular weight excluding hydrogens is 252 g/mol. The van der Waals surface area contributed by atoms with Crippen LogP contribution in [0.1, 0.15) is 22.3 Å². The van der Waals surface area contributed by atoms with Crippen molar-refractivity contribution in [2.75, 3.05) is 0 Å². The molecule has 0 aliphatic carbocycles. The Morgan fingerprint density at radius 2 is 1.16 bits per heavy atom. The number of benzene rings is 1. The number of carbonyl (C=O) groups is 3. The third kappa shape index (κ3) is 4.42. The summed E-state index contributed by atoms with van der Waals surface area (Å²) in [5, 5.41) is 31.8. The first-order chi connectivity index (χ1) is 8.79. The summed E-state index contributed by atoms with van der Waals surface area (Å²) in [6, 6.07) is 2.81. The van der Waals surface area contributed by atoms with E-state index in [0.29, 0.717) is 11.1 Å². The van der Waals surface area contributed by atoms with Crippen LogP contribution in [-0.2, 0) is 33.6 Å². The molecule has 0 aliphatic heterocycles. The normalized spacial score (nSPS) is 10.2. The second-order valence-corrected chi connectivity index (χ2v) is 4.19. The molecule has 19 heavy (non-hydrogen) atoms. The van der Waals surface area contributed by atoms with Gasteiger partial charge in [0.15, 0.2) is 0 Å². The Labute approximate surface area is 109 Å². The molecule has 0 N–H and O–H groups in total. The van der Waals surface area contributed by atoms with Gasteiger partial charge in [0.1, 0.15) is 0 Å². The average molecular weight is 263 g/mol. The van der Waals surface area contributed by atoms with Crippen molar-refractivity contribution < 1.29 is 29.7 Å². The molecule has 0 heterocycles. The highest BCUT2D eigenvalue weighted by molar-refractivity contribution is 5.74. The summed E-state index contributed by atoms with van der Waals surface area (Å²) in [5.41, 5.74) is 1.44. The van der Waals surface area contributed by atoms with Crippen molar-refractivity contribution in [1.29, 1.82) is 0 Å². The van der Waals surface area contributed by atoms with E-state index < -0.39 is 30.7 Å². The molecule has 6 nitrogen and oxygen atoms in total. The van der Waals surface area contributed by atoms with Crippen LogP contribution in [-0.4, -0.2) is 17.9 Å². The van der Waals surface area contributed by atoms with Crippen molar-refractivity contribution in [3.63, 3.8) is 0 Å². The number of hydrogen-bond acceptors (Lipinski definition) is 6. The summed E-state index contributed by atoms with van der Waals surface area (Å²) in [4.78, 5) is 31.8. The SMILES string of the molecule is Cc1cc(CC(=O)[O-])c(CC(=O)[O-])cc1CC(=O)[O-]. The minimum absolute atomic E-state index is 0.214. The van der Waals surface area contributed by atoms with Gasteiger partial charge in [-0.05, 0) is 29.2 Å².